The summed E-state index contributed by atoms with van der Waals surface area (Å²) in [6.45, 7) is 41.2. The molecule has 0 N–H and O–H groups in total. The Morgan fingerprint density at radius 1 is 0.350 bits per heavy atom. The lowest BCUT2D eigenvalue weighted by Crippen LogP contribution is -2.55. The monoisotopic (exact) mass is 1940 g/mol. The minimum atomic E-state index is -0.255. The first-order chi connectivity index (χ1) is 55.3. The van der Waals surface area contributed by atoms with Gasteiger partial charge >= 0.3 is 0.282 Å². The Balaban J connectivity index is 0.000000168. The molecule has 0 radical (unpaired) electrons. The average molecular weight is 1950 g/mol. The van der Waals surface area contributed by atoms with E-state index in [1.807, 2.05) is 11.8 Å². The van der Waals surface area contributed by atoms with Crippen molar-refractivity contribution in [3.63, 3.8) is 0 Å². The molecule has 4 aliphatic heterocycles. The molecule has 4 heterocycles. The predicted octanol–water partition coefficient (Wildman–Crippen LogP) is 31.6. The van der Waals surface area contributed by atoms with E-state index in [0.29, 0.717) is 5.02 Å². The molecule has 0 atom stereocenters. The van der Waals surface area contributed by atoms with Gasteiger partial charge in [-0.1, -0.05) is 318 Å². The lowest BCUT2D eigenvalue weighted by Gasteiger charge is -2.44. The number of fused-ring (bicyclic) bond motifs is 13. The summed E-state index contributed by atoms with van der Waals surface area (Å²) < 4.78 is 0.283. The van der Waals surface area contributed by atoms with Gasteiger partial charge in [0.25, 0.3) is 6.71 Å². The van der Waals surface area contributed by atoms with Gasteiger partial charge in [0.2, 0.25) is 0 Å². The van der Waals surface area contributed by atoms with Crippen LogP contribution in [0.2, 0.25) is 10.0 Å². The highest BCUT2D eigenvalue weighted by molar-refractivity contribution is 14.4. The Kier molecular flexibility index (Phi) is 22.4. The van der Waals surface area contributed by atoms with Gasteiger partial charge in [0.05, 0.1) is 9.49 Å². The summed E-state index contributed by atoms with van der Waals surface area (Å²) in [6, 6.07) is 100. The van der Waals surface area contributed by atoms with Gasteiger partial charge in [0.1, 0.15) is 0 Å². The number of anilines is 10. The number of halogens is 5. The third kappa shape index (κ3) is 15.8. The Morgan fingerprint density at radius 3 is 1.09 bits per heavy atom. The van der Waals surface area contributed by atoms with Crippen LogP contribution in [0.3, 0.4) is 0 Å². The van der Waals surface area contributed by atoms with E-state index in [1.165, 1.54) is 122 Å². The van der Waals surface area contributed by atoms with Gasteiger partial charge < -0.3 is 19.6 Å². The molecule has 12 aromatic rings. The van der Waals surface area contributed by atoms with Gasteiger partial charge in [-0.25, -0.2) is 0 Å². The van der Waals surface area contributed by atoms with Crippen LogP contribution in [-0.2, 0) is 42.0 Å². The van der Waals surface area contributed by atoms with E-state index in [1.54, 1.807) is 0 Å². The van der Waals surface area contributed by atoms with Crippen LogP contribution in [0.4, 0.5) is 56.9 Å². The molecule has 117 heavy (non-hydrogen) atoms. The van der Waals surface area contributed by atoms with Gasteiger partial charge in [-0.05, 0) is 229 Å². The molecule has 0 bridgehead atoms. The molecule has 0 saturated carbocycles. The summed E-state index contributed by atoms with van der Waals surface area (Å²) in [6.07, 6.45) is 1.73. The topological polar surface area (TPSA) is 13.0 Å². The molecule has 0 aromatic heterocycles. The first-order valence-corrected chi connectivity index (χ1v) is 47.1. The zero-order valence-electron chi connectivity index (χ0n) is 70.5. The molecule has 592 valence electrons. The van der Waals surface area contributed by atoms with Crippen LogP contribution in [0.5, 0.6) is 0 Å². The summed E-state index contributed by atoms with van der Waals surface area (Å²) in [5, 5.41) is 3.82. The van der Waals surface area contributed by atoms with Crippen molar-refractivity contribution in [1.29, 1.82) is 0 Å². The van der Waals surface area contributed by atoms with Crippen molar-refractivity contribution in [3.8, 4) is 22.3 Å². The van der Waals surface area contributed by atoms with Gasteiger partial charge in [-0.15, -0.1) is 90.6 Å². The largest absolute Gasteiger partial charge is 0.355 e. The molecular formula is C104H103B2Cl2I3N4S2. The van der Waals surface area contributed by atoms with Crippen LogP contribution in [0.1, 0.15) is 193 Å². The van der Waals surface area contributed by atoms with Crippen LogP contribution < -0.4 is 30.5 Å². The molecule has 0 saturated heterocycles. The Labute approximate surface area is 756 Å². The van der Waals surface area contributed by atoms with Crippen molar-refractivity contribution in [3.05, 3.63) is 354 Å². The maximum absolute atomic E-state index is 7.34. The smallest absolute Gasteiger partial charge is 0.315 e. The number of hydrogen-bond donors (Lipinski definition) is 0. The van der Waals surface area contributed by atoms with Gasteiger partial charge in [-0.2, -0.15) is 0 Å². The quantitative estimate of drug-likeness (QED) is 0.110. The molecule has 0 unspecified atom stereocenters. The predicted molar refractivity (Wildman–Crippen MR) is 539 cm³/mol. The molecule has 13 heteroatoms. The summed E-state index contributed by atoms with van der Waals surface area (Å²) in [5.41, 5.74) is 35.6. The number of rotatable bonds is 8. The lowest BCUT2D eigenvalue weighted by atomic mass is 9.36. The second-order valence-corrected chi connectivity index (χ2v) is 52.7. The summed E-state index contributed by atoms with van der Waals surface area (Å²) in [4.78, 5) is 11.3. The standard InChI is InChI=1S/C52H50BClN2S.C52H53ClN2S.BI3/c1-49(2,3)32-18-23-36(24-19-32)55-43-27-22-34(51(7,8)9)28-42(43)53-47-44(55)29-35(54)30-45(47)56(37-25-20-33(21-26-37)50(4,5)6)46-31-52(57-48(46)53)40-16-12-10-14-38(40)39-15-11-13-17-41(39)52;1-49(2,3)35-18-24-39(25-19-35)54(40-26-20-36(21-27-40)50(4,5)6)42-30-38(53)31-43(32-42)55(41-28-22-37(23-29-41)51(7,8)9)44-33-52(56-34-44)47-16-12-10-14-45(47)46-15-11-13-17-48(46)52;2-1(3)4/h10-30H,31H2,1-9H3;10-32,34H,33H2,1-9H3;. The maximum Gasteiger partial charge on any atom is 0.355 e. The first-order valence-electron chi connectivity index (χ1n) is 40.9. The molecule has 12 aromatic carbocycles. The molecule has 0 fully saturated rings. The highest BCUT2D eigenvalue weighted by Crippen LogP contribution is 2.68. The zero-order valence-corrected chi connectivity index (χ0v) is 80.2. The molecule has 2 spiro atoms. The highest BCUT2D eigenvalue weighted by atomic mass is 127. The van der Waals surface area contributed by atoms with Crippen LogP contribution in [-0.4, -0.2) is 6.99 Å². The fraction of sp³-hybridized carbons (Fsp3) is 0.269. The minimum absolute atomic E-state index is 0.0165. The molecule has 6 aliphatic rings. The van der Waals surface area contributed by atoms with E-state index >= 15 is 0 Å². The number of thioether (sulfide) groups is 2. The minimum Gasteiger partial charge on any atom is -0.315 e. The van der Waals surface area contributed by atoms with Crippen LogP contribution in [0, 0.1) is 0 Å². The Bertz CT molecular complexity index is 5730. The maximum atomic E-state index is 7.34. The summed E-state index contributed by atoms with van der Waals surface area (Å²) in [5.74, 6) is 0. The van der Waals surface area contributed by atoms with Crippen molar-refractivity contribution in [2.24, 2.45) is 0 Å². The van der Waals surface area contributed by atoms with Crippen molar-refractivity contribution >= 4 is 189 Å². The average Bonchev–Trinajstić information content (AvgIpc) is 1.54. The van der Waals surface area contributed by atoms with Crippen LogP contribution in [0.25, 0.3) is 22.3 Å². The van der Waals surface area contributed by atoms with Crippen molar-refractivity contribution in [2.75, 3.05) is 19.6 Å². The van der Waals surface area contributed by atoms with E-state index < -0.39 is 0 Å². The van der Waals surface area contributed by atoms with Crippen LogP contribution >= 0.6 is 114 Å². The third-order valence-electron chi connectivity index (χ3n) is 24.3. The molecule has 4 nitrogen and oxygen atoms in total. The SMILES string of the molecule is CC(C)(C)c1ccc(N(C2=CSC3(C2)c2ccccc2-c2ccccc23)c2cc(Cl)cc(N(c3ccc(C(C)(C)C)cc3)c3ccc(C(C)(C)C)cc3)c2)cc1.CC(C)(C)c1ccc(N2C3=C(SC4(C3)c3ccccc3-c3ccccc34)B3c4cc(C(C)(C)C)ccc4N(c4ccc(C(C)(C)C)cc4)c4cc(Cl)cc2c43)cc1.IB(I)I. The zero-order chi connectivity index (χ0) is 83.0. The van der Waals surface area contributed by atoms with E-state index in [4.69, 9.17) is 23.2 Å². The molecule has 0 amide bonds. The molecule has 2 aliphatic carbocycles. The van der Waals surface area contributed by atoms with E-state index in [2.05, 4.69) is 495 Å². The van der Waals surface area contributed by atoms with Gasteiger partial charge in [0.15, 0.2) is 0 Å². The fourth-order valence-corrected chi connectivity index (χ4v) is 21.7. The summed E-state index contributed by atoms with van der Waals surface area (Å²) in [7, 11) is 0. The number of allylic oxidation sites excluding steroid dienone is 2. The van der Waals surface area contributed by atoms with Crippen molar-refractivity contribution < 1.29 is 0 Å². The van der Waals surface area contributed by atoms with E-state index in [-0.39, 0.29) is 48.7 Å². The second-order valence-electron chi connectivity index (χ2n) is 38.4. The van der Waals surface area contributed by atoms with Crippen molar-refractivity contribution in [1.82, 2.24) is 0 Å². The van der Waals surface area contributed by atoms with E-state index in [0.717, 1.165) is 58.0 Å². The third-order valence-corrected chi connectivity index (χ3v) is 27.8. The van der Waals surface area contributed by atoms with E-state index in [9.17, 15) is 0 Å². The number of benzene rings is 12. The number of hydrogen-bond acceptors (Lipinski definition) is 6. The van der Waals surface area contributed by atoms with Crippen LogP contribution in [0.15, 0.2) is 289 Å². The normalized spacial score (nSPS) is 15.3. The number of nitrogens with zero attached hydrogens (tertiary/aromatic N) is 4. The lowest BCUT2D eigenvalue weighted by molar-refractivity contribution is 0.590. The highest BCUT2D eigenvalue weighted by Gasteiger charge is 2.57. The Hall–Kier alpha value is -7.08. The molecule has 18 rings (SSSR count). The van der Waals surface area contributed by atoms with Crippen molar-refractivity contribution in [2.45, 2.75) is 179 Å². The molecular weight excluding hydrogens is 1840 g/mol. The first kappa shape index (κ1) is 83.6. The summed E-state index contributed by atoms with van der Waals surface area (Å²) >= 11 is 25.6. The fourth-order valence-electron chi connectivity index (χ4n) is 18.1. The second kappa shape index (κ2) is 31.4. The Morgan fingerprint density at radius 2 is 0.684 bits per heavy atom. The van der Waals surface area contributed by atoms with Gasteiger partial charge in [0, 0.05) is 91.2 Å². The van der Waals surface area contributed by atoms with Gasteiger partial charge in [-0.3, -0.25) is 0 Å².